The van der Waals surface area contributed by atoms with Gasteiger partial charge in [-0.05, 0) is 36.8 Å². The van der Waals surface area contributed by atoms with Crippen molar-refractivity contribution in [3.05, 3.63) is 57.6 Å². The number of nitrogen functional groups attached to an aromatic ring is 1. The molecular formula is C14H13N3O4. The van der Waals surface area contributed by atoms with Crippen molar-refractivity contribution in [2.24, 2.45) is 0 Å². The van der Waals surface area contributed by atoms with Crippen LogP contribution in [-0.4, -0.2) is 15.9 Å². The Kier molecular flexibility index (Phi) is 3.75. The molecule has 0 aliphatic rings. The van der Waals surface area contributed by atoms with Gasteiger partial charge in [0.15, 0.2) is 0 Å². The van der Waals surface area contributed by atoms with E-state index in [1.54, 1.807) is 19.1 Å². The largest absolute Gasteiger partial charge is 0.506 e. The summed E-state index contributed by atoms with van der Waals surface area (Å²) < 4.78 is 0. The summed E-state index contributed by atoms with van der Waals surface area (Å²) in [5.74, 6) is -0.648. The number of rotatable bonds is 3. The van der Waals surface area contributed by atoms with Gasteiger partial charge in [-0.2, -0.15) is 0 Å². The van der Waals surface area contributed by atoms with E-state index in [1.165, 1.54) is 18.2 Å². The molecule has 2 rings (SSSR count). The van der Waals surface area contributed by atoms with Crippen LogP contribution < -0.4 is 11.1 Å². The molecule has 0 spiro atoms. The van der Waals surface area contributed by atoms with Crippen molar-refractivity contribution in [2.75, 3.05) is 11.1 Å². The number of benzene rings is 2. The van der Waals surface area contributed by atoms with Crippen LogP contribution in [0.1, 0.15) is 15.9 Å². The Labute approximate surface area is 120 Å². The van der Waals surface area contributed by atoms with Crippen molar-refractivity contribution in [3.8, 4) is 5.75 Å². The fourth-order valence-corrected chi connectivity index (χ4v) is 1.78. The lowest BCUT2D eigenvalue weighted by Gasteiger charge is -2.08. The summed E-state index contributed by atoms with van der Waals surface area (Å²) in [6.45, 7) is 1.80. The van der Waals surface area contributed by atoms with Crippen LogP contribution >= 0.6 is 0 Å². The summed E-state index contributed by atoms with van der Waals surface area (Å²) in [7, 11) is 0. The Balaban J connectivity index is 2.28. The number of anilines is 2. The van der Waals surface area contributed by atoms with Crippen molar-refractivity contribution in [1.29, 1.82) is 0 Å². The van der Waals surface area contributed by atoms with E-state index < -0.39 is 10.8 Å². The number of carbonyl (C=O) groups is 1. The third-order valence-electron chi connectivity index (χ3n) is 2.89. The minimum atomic E-state index is -0.657. The van der Waals surface area contributed by atoms with Gasteiger partial charge < -0.3 is 16.2 Å². The molecule has 4 N–H and O–H groups in total. The highest BCUT2D eigenvalue weighted by atomic mass is 16.6. The van der Waals surface area contributed by atoms with Gasteiger partial charge in [0.2, 0.25) is 0 Å². The number of phenols is 1. The molecule has 0 heterocycles. The van der Waals surface area contributed by atoms with Crippen molar-refractivity contribution < 1.29 is 14.8 Å². The topological polar surface area (TPSA) is 118 Å². The van der Waals surface area contributed by atoms with Crippen LogP contribution in [0, 0.1) is 17.0 Å². The van der Waals surface area contributed by atoms with Crippen LogP contribution in [0.3, 0.4) is 0 Å². The third kappa shape index (κ3) is 3.08. The Hall–Kier alpha value is -3.09. The van der Waals surface area contributed by atoms with Gasteiger partial charge in [0.05, 0.1) is 10.6 Å². The third-order valence-corrected chi connectivity index (χ3v) is 2.89. The second-order valence-electron chi connectivity index (χ2n) is 4.51. The summed E-state index contributed by atoms with van der Waals surface area (Å²) >= 11 is 0. The minimum absolute atomic E-state index is 0.0188. The van der Waals surface area contributed by atoms with Gasteiger partial charge in [-0.1, -0.05) is 6.07 Å². The van der Waals surface area contributed by atoms with Crippen molar-refractivity contribution in [3.63, 3.8) is 0 Å². The number of hydrogen-bond donors (Lipinski definition) is 3. The Bertz CT molecular complexity index is 728. The molecule has 21 heavy (non-hydrogen) atoms. The standard InChI is InChI=1S/C14H13N3O4/c1-8-2-5-11(13(18)6-8)16-14(19)9-3-4-10(15)12(7-9)17(20)21/h2-7,18H,15H2,1H3,(H,16,19). The number of phenolic OH excluding ortho intramolecular Hbond substituents is 1. The Morgan fingerprint density at radius 3 is 2.62 bits per heavy atom. The zero-order valence-electron chi connectivity index (χ0n) is 11.2. The van der Waals surface area contributed by atoms with E-state index in [4.69, 9.17) is 5.73 Å². The molecule has 0 aliphatic carbocycles. The molecule has 0 aliphatic heterocycles. The number of nitrogens with zero attached hydrogens (tertiary/aromatic N) is 1. The summed E-state index contributed by atoms with van der Waals surface area (Å²) in [5.41, 5.74) is 6.26. The number of aromatic hydroxyl groups is 1. The lowest BCUT2D eigenvalue weighted by Crippen LogP contribution is -2.12. The SMILES string of the molecule is Cc1ccc(NC(=O)c2ccc(N)c([N+](=O)[O-])c2)c(O)c1. The molecule has 2 aromatic carbocycles. The van der Waals surface area contributed by atoms with Crippen LogP contribution in [0.25, 0.3) is 0 Å². The van der Waals surface area contributed by atoms with Gasteiger partial charge in [0.25, 0.3) is 11.6 Å². The molecule has 0 radical (unpaired) electrons. The summed E-state index contributed by atoms with van der Waals surface area (Å²) in [6.07, 6.45) is 0. The van der Waals surface area contributed by atoms with Gasteiger partial charge in [-0.25, -0.2) is 0 Å². The second kappa shape index (κ2) is 5.49. The van der Waals surface area contributed by atoms with E-state index in [9.17, 15) is 20.0 Å². The number of nitrogens with two attached hydrogens (primary N) is 1. The Morgan fingerprint density at radius 2 is 2.00 bits per heavy atom. The highest BCUT2D eigenvalue weighted by Gasteiger charge is 2.16. The van der Waals surface area contributed by atoms with Gasteiger partial charge in [-0.15, -0.1) is 0 Å². The molecule has 108 valence electrons. The van der Waals surface area contributed by atoms with Crippen molar-refractivity contribution in [2.45, 2.75) is 6.92 Å². The highest BCUT2D eigenvalue weighted by molar-refractivity contribution is 6.05. The van der Waals surface area contributed by atoms with E-state index in [2.05, 4.69) is 5.32 Å². The maximum Gasteiger partial charge on any atom is 0.292 e. The van der Waals surface area contributed by atoms with Gasteiger partial charge in [0, 0.05) is 11.6 Å². The zero-order chi connectivity index (χ0) is 15.6. The molecule has 0 saturated carbocycles. The van der Waals surface area contributed by atoms with E-state index in [-0.39, 0.29) is 28.4 Å². The van der Waals surface area contributed by atoms with Gasteiger partial charge in [0.1, 0.15) is 11.4 Å². The van der Waals surface area contributed by atoms with E-state index >= 15 is 0 Å². The molecule has 1 amide bonds. The highest BCUT2D eigenvalue weighted by Crippen LogP contribution is 2.26. The maximum atomic E-state index is 12.1. The molecule has 0 atom stereocenters. The lowest BCUT2D eigenvalue weighted by molar-refractivity contribution is -0.383. The molecular weight excluding hydrogens is 274 g/mol. The van der Waals surface area contributed by atoms with Gasteiger partial charge in [-0.3, -0.25) is 14.9 Å². The fourth-order valence-electron chi connectivity index (χ4n) is 1.78. The minimum Gasteiger partial charge on any atom is -0.506 e. The summed E-state index contributed by atoms with van der Waals surface area (Å²) in [4.78, 5) is 22.2. The lowest BCUT2D eigenvalue weighted by atomic mass is 10.1. The average Bonchev–Trinajstić information content (AvgIpc) is 2.42. The van der Waals surface area contributed by atoms with Crippen LogP contribution in [0.4, 0.5) is 17.1 Å². The smallest absolute Gasteiger partial charge is 0.292 e. The van der Waals surface area contributed by atoms with Crippen LogP contribution in [0.15, 0.2) is 36.4 Å². The van der Waals surface area contributed by atoms with Crippen molar-refractivity contribution in [1.82, 2.24) is 0 Å². The number of carbonyl (C=O) groups excluding carboxylic acids is 1. The predicted octanol–water partition coefficient (Wildman–Crippen LogP) is 2.44. The van der Waals surface area contributed by atoms with E-state index in [0.717, 1.165) is 11.6 Å². The van der Waals surface area contributed by atoms with Crippen molar-refractivity contribution >= 4 is 23.0 Å². The first-order valence-corrected chi connectivity index (χ1v) is 6.03. The van der Waals surface area contributed by atoms with Crippen LogP contribution in [0.2, 0.25) is 0 Å². The molecule has 0 unspecified atom stereocenters. The number of aryl methyl sites for hydroxylation is 1. The second-order valence-corrected chi connectivity index (χ2v) is 4.51. The van der Waals surface area contributed by atoms with E-state index in [0.29, 0.717) is 0 Å². The average molecular weight is 287 g/mol. The number of nitrogens with one attached hydrogen (secondary N) is 1. The zero-order valence-corrected chi connectivity index (χ0v) is 11.2. The molecule has 0 aromatic heterocycles. The van der Waals surface area contributed by atoms with Crippen LogP contribution in [0.5, 0.6) is 5.75 Å². The van der Waals surface area contributed by atoms with E-state index in [1.807, 2.05) is 0 Å². The molecule has 2 aromatic rings. The summed E-state index contributed by atoms with van der Waals surface area (Å²) in [5, 5.41) is 23.0. The first-order valence-electron chi connectivity index (χ1n) is 6.03. The predicted molar refractivity (Wildman–Crippen MR) is 78.3 cm³/mol. The first-order chi connectivity index (χ1) is 9.88. The maximum absolute atomic E-state index is 12.1. The van der Waals surface area contributed by atoms with Crippen LogP contribution in [-0.2, 0) is 0 Å². The first kappa shape index (κ1) is 14.3. The molecule has 0 saturated heterocycles. The molecule has 7 heteroatoms. The quantitative estimate of drug-likeness (QED) is 0.347. The Morgan fingerprint density at radius 1 is 1.29 bits per heavy atom. The fraction of sp³-hybridized carbons (Fsp3) is 0.0714. The number of amides is 1. The van der Waals surface area contributed by atoms with Gasteiger partial charge >= 0.3 is 0 Å². The monoisotopic (exact) mass is 287 g/mol. The molecule has 7 nitrogen and oxygen atoms in total. The molecule has 0 fully saturated rings. The number of nitro benzene ring substituents is 1. The molecule has 0 bridgehead atoms. The number of nitro groups is 1. The summed E-state index contributed by atoms with van der Waals surface area (Å²) in [6, 6.07) is 8.54. The number of hydrogen-bond acceptors (Lipinski definition) is 5. The normalized spacial score (nSPS) is 10.1.